The van der Waals surface area contributed by atoms with E-state index in [1.54, 1.807) is 36.4 Å². The molecule has 0 spiro atoms. The van der Waals surface area contributed by atoms with E-state index in [-0.39, 0.29) is 11.7 Å². The van der Waals surface area contributed by atoms with Gasteiger partial charge in [-0.3, -0.25) is 4.79 Å². The normalized spacial score (nSPS) is 10.2. The van der Waals surface area contributed by atoms with Gasteiger partial charge < -0.3 is 15.8 Å². The van der Waals surface area contributed by atoms with E-state index in [2.05, 4.69) is 5.32 Å². The number of carbonyl (C=O) groups excluding carboxylic acids is 1. The number of carbonyl (C=O) groups is 1. The largest absolute Gasteiger partial charge is 0.495 e. The first-order valence-electron chi connectivity index (χ1n) is 6.57. The minimum Gasteiger partial charge on any atom is -0.495 e. The van der Waals surface area contributed by atoms with Crippen molar-refractivity contribution in [2.45, 2.75) is 6.42 Å². The van der Waals surface area contributed by atoms with Crippen molar-refractivity contribution >= 4 is 11.6 Å². The molecule has 0 aromatic heterocycles. The number of amides is 1. The van der Waals surface area contributed by atoms with E-state index in [0.717, 1.165) is 0 Å². The molecule has 0 aliphatic carbocycles. The zero-order valence-electron chi connectivity index (χ0n) is 11.7. The van der Waals surface area contributed by atoms with E-state index in [4.69, 9.17) is 10.5 Å². The summed E-state index contributed by atoms with van der Waals surface area (Å²) in [6.07, 6.45) is 0.435. The van der Waals surface area contributed by atoms with Crippen LogP contribution in [0.15, 0.2) is 42.5 Å². The molecular weight excluding hydrogens is 271 g/mol. The van der Waals surface area contributed by atoms with Crippen LogP contribution >= 0.6 is 0 Å². The first-order chi connectivity index (χ1) is 10.1. The molecule has 0 saturated carbocycles. The van der Waals surface area contributed by atoms with Crippen LogP contribution in [0, 0.1) is 5.82 Å². The van der Waals surface area contributed by atoms with E-state index < -0.39 is 0 Å². The van der Waals surface area contributed by atoms with Gasteiger partial charge in [-0.2, -0.15) is 0 Å². The number of anilines is 1. The second-order valence-corrected chi connectivity index (χ2v) is 4.55. The summed E-state index contributed by atoms with van der Waals surface area (Å²) in [6.45, 7) is 0.354. The topological polar surface area (TPSA) is 64.3 Å². The zero-order chi connectivity index (χ0) is 15.2. The lowest BCUT2D eigenvalue weighted by Gasteiger charge is -2.09. The fourth-order valence-electron chi connectivity index (χ4n) is 1.97. The number of halogens is 1. The quantitative estimate of drug-likeness (QED) is 0.830. The van der Waals surface area contributed by atoms with Gasteiger partial charge in [-0.25, -0.2) is 4.39 Å². The molecule has 0 aliphatic heterocycles. The summed E-state index contributed by atoms with van der Waals surface area (Å²) < 4.78 is 18.5. The molecule has 2 aromatic rings. The average Bonchev–Trinajstić information content (AvgIpc) is 2.49. The van der Waals surface area contributed by atoms with Crippen LogP contribution in [0.1, 0.15) is 15.9 Å². The SMILES string of the molecule is COc1cc(C(=O)NCCc2ccccc2F)ccc1N. The second-order valence-electron chi connectivity index (χ2n) is 4.55. The van der Waals surface area contributed by atoms with Gasteiger partial charge in [0, 0.05) is 12.1 Å². The van der Waals surface area contributed by atoms with Crippen LogP contribution in [0.3, 0.4) is 0 Å². The first kappa shape index (κ1) is 14.8. The van der Waals surface area contributed by atoms with Crippen molar-refractivity contribution in [1.29, 1.82) is 0 Å². The number of benzene rings is 2. The molecule has 0 unspecified atom stereocenters. The third-order valence-electron chi connectivity index (χ3n) is 3.13. The minimum absolute atomic E-state index is 0.246. The minimum atomic E-state index is -0.263. The molecule has 0 saturated heterocycles. The molecule has 5 heteroatoms. The van der Waals surface area contributed by atoms with Gasteiger partial charge in [0.05, 0.1) is 12.8 Å². The Morgan fingerprint density at radius 3 is 2.76 bits per heavy atom. The van der Waals surface area contributed by atoms with E-state index in [1.807, 2.05) is 0 Å². The number of ether oxygens (including phenoxy) is 1. The van der Waals surface area contributed by atoms with E-state index in [1.165, 1.54) is 13.2 Å². The number of nitrogens with one attached hydrogen (secondary N) is 1. The molecular formula is C16H17FN2O2. The standard InChI is InChI=1S/C16H17FN2O2/c1-21-15-10-12(6-7-14(15)18)16(20)19-9-8-11-4-2-3-5-13(11)17/h2-7,10H,8-9,18H2,1H3,(H,19,20). The molecule has 0 heterocycles. The van der Waals surface area contributed by atoms with Gasteiger partial charge in [-0.1, -0.05) is 18.2 Å². The monoisotopic (exact) mass is 288 g/mol. The van der Waals surface area contributed by atoms with Crippen molar-refractivity contribution in [3.05, 3.63) is 59.4 Å². The molecule has 0 aliphatic rings. The van der Waals surface area contributed by atoms with Crippen LogP contribution in [0.5, 0.6) is 5.75 Å². The van der Waals surface area contributed by atoms with Gasteiger partial charge in [0.2, 0.25) is 0 Å². The molecule has 3 N–H and O–H groups in total. The maximum Gasteiger partial charge on any atom is 0.251 e. The van der Waals surface area contributed by atoms with E-state index in [9.17, 15) is 9.18 Å². The summed E-state index contributed by atoms with van der Waals surface area (Å²) in [5.41, 5.74) is 7.20. The van der Waals surface area contributed by atoms with Crippen LogP contribution in [0.2, 0.25) is 0 Å². The lowest BCUT2D eigenvalue weighted by molar-refractivity contribution is 0.0953. The molecule has 0 fully saturated rings. The van der Waals surface area contributed by atoms with Gasteiger partial charge in [0.15, 0.2) is 0 Å². The molecule has 2 rings (SSSR count). The van der Waals surface area contributed by atoms with Crippen molar-refractivity contribution in [3.8, 4) is 5.75 Å². The molecule has 4 nitrogen and oxygen atoms in total. The Hall–Kier alpha value is -2.56. The van der Waals surface area contributed by atoms with Gasteiger partial charge in [-0.15, -0.1) is 0 Å². The maximum atomic E-state index is 13.4. The van der Waals surface area contributed by atoms with Gasteiger partial charge in [-0.05, 0) is 36.2 Å². The van der Waals surface area contributed by atoms with Gasteiger partial charge in [0.1, 0.15) is 11.6 Å². The number of nitrogen functional groups attached to an aromatic ring is 1. The lowest BCUT2D eigenvalue weighted by Crippen LogP contribution is -2.26. The fourth-order valence-corrected chi connectivity index (χ4v) is 1.97. The summed E-state index contributed by atoms with van der Waals surface area (Å²) in [6, 6.07) is 11.3. The number of hydrogen-bond donors (Lipinski definition) is 2. The van der Waals surface area contributed by atoms with Crippen molar-refractivity contribution < 1.29 is 13.9 Å². The summed E-state index contributed by atoms with van der Waals surface area (Å²) in [5.74, 6) is -0.0534. The number of nitrogens with two attached hydrogens (primary N) is 1. The maximum absolute atomic E-state index is 13.4. The highest BCUT2D eigenvalue weighted by molar-refractivity contribution is 5.95. The smallest absolute Gasteiger partial charge is 0.251 e. The summed E-state index contributed by atoms with van der Waals surface area (Å²) >= 11 is 0. The third-order valence-corrected chi connectivity index (χ3v) is 3.13. The summed E-state index contributed by atoms with van der Waals surface area (Å²) in [5, 5.41) is 2.74. The van der Waals surface area contributed by atoms with Crippen LogP contribution in [-0.4, -0.2) is 19.6 Å². The Balaban J connectivity index is 1.95. The fraction of sp³-hybridized carbons (Fsp3) is 0.188. The molecule has 0 atom stereocenters. The molecule has 0 radical (unpaired) electrons. The number of methoxy groups -OCH3 is 1. The Kier molecular flexibility index (Phi) is 4.77. The van der Waals surface area contributed by atoms with E-state index >= 15 is 0 Å². The summed E-state index contributed by atoms with van der Waals surface area (Å²) in [7, 11) is 1.49. The van der Waals surface area contributed by atoms with E-state index in [0.29, 0.717) is 35.5 Å². The van der Waals surface area contributed by atoms with Crippen molar-refractivity contribution in [1.82, 2.24) is 5.32 Å². The van der Waals surface area contributed by atoms with Crippen LogP contribution in [0.25, 0.3) is 0 Å². The predicted molar refractivity (Wildman–Crippen MR) is 79.8 cm³/mol. The lowest BCUT2D eigenvalue weighted by atomic mass is 10.1. The number of hydrogen-bond acceptors (Lipinski definition) is 3. The molecule has 21 heavy (non-hydrogen) atoms. The Bertz CT molecular complexity index is 644. The van der Waals surface area contributed by atoms with Gasteiger partial charge in [0.25, 0.3) is 5.91 Å². The van der Waals surface area contributed by atoms with Crippen LogP contribution < -0.4 is 15.8 Å². The third kappa shape index (κ3) is 3.72. The van der Waals surface area contributed by atoms with Crippen LogP contribution in [-0.2, 0) is 6.42 Å². The number of rotatable bonds is 5. The van der Waals surface area contributed by atoms with Crippen molar-refractivity contribution in [2.24, 2.45) is 0 Å². The molecule has 0 bridgehead atoms. The molecule has 110 valence electrons. The second kappa shape index (κ2) is 6.74. The first-order valence-corrected chi connectivity index (χ1v) is 6.57. The highest BCUT2D eigenvalue weighted by atomic mass is 19.1. The Morgan fingerprint density at radius 2 is 2.05 bits per heavy atom. The molecule has 1 amide bonds. The summed E-state index contributed by atoms with van der Waals surface area (Å²) in [4.78, 5) is 12.0. The van der Waals surface area contributed by atoms with Crippen LogP contribution in [0.4, 0.5) is 10.1 Å². The highest BCUT2D eigenvalue weighted by Gasteiger charge is 2.09. The van der Waals surface area contributed by atoms with Crippen molar-refractivity contribution in [3.63, 3.8) is 0 Å². The highest BCUT2D eigenvalue weighted by Crippen LogP contribution is 2.21. The van der Waals surface area contributed by atoms with Crippen molar-refractivity contribution in [2.75, 3.05) is 19.4 Å². The molecule has 2 aromatic carbocycles. The zero-order valence-corrected chi connectivity index (χ0v) is 11.7. The Morgan fingerprint density at radius 1 is 1.29 bits per heavy atom. The predicted octanol–water partition coefficient (Wildman–Crippen LogP) is 2.39. The Labute approximate surface area is 122 Å². The van der Waals surface area contributed by atoms with Gasteiger partial charge >= 0.3 is 0 Å². The average molecular weight is 288 g/mol.